The summed E-state index contributed by atoms with van der Waals surface area (Å²) in [6.45, 7) is 0. The number of nitrogens with zero attached hydrogens (tertiary/aromatic N) is 3. The number of hydrogen-bond donors (Lipinski definition) is 1. The molecule has 2 N–H and O–H groups in total. The van der Waals surface area contributed by atoms with Crippen LogP contribution in [-0.4, -0.2) is 34.1 Å². The van der Waals surface area contributed by atoms with Crippen LogP contribution in [0.4, 0.5) is 5.69 Å². The van der Waals surface area contributed by atoms with Crippen LogP contribution >= 0.6 is 11.3 Å². The number of carbonyl (C=O) groups is 1. The van der Waals surface area contributed by atoms with E-state index in [0.29, 0.717) is 16.6 Å². The third-order valence-corrected chi connectivity index (χ3v) is 5.40. The molecule has 2 aromatic rings. The van der Waals surface area contributed by atoms with Crippen molar-refractivity contribution in [1.82, 2.24) is 15.1 Å². The Kier molecular flexibility index (Phi) is 4.05. The van der Waals surface area contributed by atoms with Gasteiger partial charge in [0.2, 0.25) is 0 Å². The van der Waals surface area contributed by atoms with E-state index in [9.17, 15) is 4.79 Å². The monoisotopic (exact) mass is 304 g/mol. The van der Waals surface area contributed by atoms with Crippen molar-refractivity contribution in [1.29, 1.82) is 0 Å². The van der Waals surface area contributed by atoms with E-state index < -0.39 is 0 Å². The van der Waals surface area contributed by atoms with Crippen molar-refractivity contribution in [3.05, 3.63) is 17.1 Å². The highest BCUT2D eigenvalue weighted by Crippen LogP contribution is 2.33. The Hall–Kier alpha value is -1.69. The van der Waals surface area contributed by atoms with Gasteiger partial charge >= 0.3 is 0 Å². The van der Waals surface area contributed by atoms with Gasteiger partial charge in [0.15, 0.2) is 0 Å². The first-order valence-corrected chi connectivity index (χ1v) is 8.27. The van der Waals surface area contributed by atoms with Crippen LogP contribution in [0, 0.1) is 0 Å². The Morgan fingerprint density at radius 3 is 2.71 bits per heavy atom. The van der Waals surface area contributed by atoms with Crippen LogP contribution in [-0.2, 0) is 0 Å². The summed E-state index contributed by atoms with van der Waals surface area (Å²) in [4.78, 5) is 16.0. The normalized spacial score (nSPS) is 16.8. The largest absolute Gasteiger partial charge is 0.397 e. The zero-order valence-corrected chi connectivity index (χ0v) is 13.0. The third-order valence-electron chi connectivity index (χ3n) is 4.31. The molecule has 0 saturated heterocycles. The fraction of sp³-hybridized carbons (Fsp3) is 0.533. The van der Waals surface area contributed by atoms with E-state index in [1.165, 1.54) is 37.0 Å². The van der Waals surface area contributed by atoms with Gasteiger partial charge in [-0.15, -0.1) is 16.4 Å². The number of anilines is 1. The first-order chi connectivity index (χ1) is 10.2. The van der Waals surface area contributed by atoms with Crippen LogP contribution in [0.15, 0.2) is 12.3 Å². The fourth-order valence-corrected chi connectivity index (χ4v) is 4.02. The summed E-state index contributed by atoms with van der Waals surface area (Å²) < 4.78 is 0. The molecule has 0 atom stereocenters. The molecule has 0 aromatic carbocycles. The number of aromatic nitrogens is 2. The van der Waals surface area contributed by atoms with Crippen LogP contribution in [0.1, 0.15) is 48.2 Å². The summed E-state index contributed by atoms with van der Waals surface area (Å²) in [6.07, 6.45) is 8.75. The molecule has 1 fully saturated rings. The quantitative estimate of drug-likeness (QED) is 0.865. The van der Waals surface area contributed by atoms with Gasteiger partial charge in [-0.3, -0.25) is 4.79 Å². The maximum atomic E-state index is 12.8. The van der Waals surface area contributed by atoms with Gasteiger partial charge in [-0.1, -0.05) is 25.7 Å². The highest BCUT2D eigenvalue weighted by Gasteiger charge is 2.26. The molecule has 0 spiro atoms. The fourth-order valence-electron chi connectivity index (χ4n) is 3.00. The molecular weight excluding hydrogens is 284 g/mol. The van der Waals surface area contributed by atoms with Gasteiger partial charge in [0.1, 0.15) is 9.71 Å². The lowest BCUT2D eigenvalue weighted by molar-refractivity contribution is 0.0723. The number of nitrogen functional groups attached to an aromatic ring is 1. The number of thiophene rings is 1. The molecule has 2 heterocycles. The average Bonchev–Trinajstić information content (AvgIpc) is 2.70. The van der Waals surface area contributed by atoms with E-state index in [1.807, 2.05) is 18.0 Å². The van der Waals surface area contributed by atoms with Crippen LogP contribution < -0.4 is 5.73 Å². The summed E-state index contributed by atoms with van der Waals surface area (Å²) in [6, 6.07) is 2.15. The molecule has 1 aliphatic rings. The molecule has 2 aromatic heterocycles. The number of rotatable bonds is 2. The Bertz CT molecular complexity index is 646. The van der Waals surface area contributed by atoms with Crippen molar-refractivity contribution in [3.8, 4) is 0 Å². The maximum absolute atomic E-state index is 12.8. The Balaban J connectivity index is 1.87. The summed E-state index contributed by atoms with van der Waals surface area (Å²) in [7, 11) is 1.90. The van der Waals surface area contributed by atoms with Gasteiger partial charge < -0.3 is 10.6 Å². The number of hydrogen-bond acceptors (Lipinski definition) is 5. The van der Waals surface area contributed by atoms with E-state index in [2.05, 4.69) is 10.2 Å². The molecular formula is C15H20N4OS. The molecule has 1 saturated carbocycles. The lowest BCUT2D eigenvalue weighted by Crippen LogP contribution is -2.36. The summed E-state index contributed by atoms with van der Waals surface area (Å²) >= 11 is 1.34. The lowest BCUT2D eigenvalue weighted by atomic mass is 10.1. The number of amides is 1. The van der Waals surface area contributed by atoms with E-state index >= 15 is 0 Å². The Morgan fingerprint density at radius 2 is 2.05 bits per heavy atom. The van der Waals surface area contributed by atoms with Crippen molar-refractivity contribution in [2.75, 3.05) is 12.8 Å². The van der Waals surface area contributed by atoms with Crippen molar-refractivity contribution < 1.29 is 4.79 Å². The number of carbonyl (C=O) groups excluding carboxylic acids is 1. The molecule has 0 radical (unpaired) electrons. The standard InChI is InChI=1S/C15H20N4OS/c1-19(10-6-4-2-3-5-7-10)15(20)13-12(16)11-8-9-17-18-14(11)21-13/h8-10H,2-7,16H2,1H3. The SMILES string of the molecule is CN(C(=O)c1sc2nnccc2c1N)C1CCCCCC1. The molecule has 1 aliphatic carbocycles. The van der Waals surface area contributed by atoms with Gasteiger partial charge in [-0.2, -0.15) is 5.10 Å². The first-order valence-electron chi connectivity index (χ1n) is 7.45. The zero-order valence-electron chi connectivity index (χ0n) is 12.2. The third kappa shape index (κ3) is 2.72. The van der Waals surface area contributed by atoms with Gasteiger partial charge in [-0.05, 0) is 18.9 Å². The minimum absolute atomic E-state index is 0.0161. The molecule has 112 valence electrons. The summed E-state index contributed by atoms with van der Waals surface area (Å²) in [5.74, 6) is 0.0161. The van der Waals surface area contributed by atoms with Crippen LogP contribution in [0.25, 0.3) is 10.2 Å². The van der Waals surface area contributed by atoms with Gasteiger partial charge in [0, 0.05) is 18.5 Å². The minimum Gasteiger partial charge on any atom is -0.397 e. The highest BCUT2D eigenvalue weighted by atomic mass is 32.1. The van der Waals surface area contributed by atoms with Crippen molar-refractivity contribution in [2.24, 2.45) is 0 Å². The summed E-state index contributed by atoms with van der Waals surface area (Å²) in [5.41, 5.74) is 6.67. The molecule has 6 heteroatoms. The van der Waals surface area contributed by atoms with Crippen molar-refractivity contribution in [2.45, 2.75) is 44.6 Å². The topological polar surface area (TPSA) is 72.1 Å². The molecule has 0 bridgehead atoms. The second-order valence-corrected chi connectivity index (χ2v) is 6.66. The van der Waals surface area contributed by atoms with Gasteiger partial charge in [0.25, 0.3) is 5.91 Å². The summed E-state index contributed by atoms with van der Waals surface area (Å²) in [5, 5.41) is 8.73. The Labute approximate surface area is 128 Å². The molecule has 1 amide bonds. The lowest BCUT2D eigenvalue weighted by Gasteiger charge is -2.27. The molecule has 3 rings (SSSR count). The number of fused-ring (bicyclic) bond motifs is 1. The van der Waals surface area contributed by atoms with Gasteiger partial charge in [-0.25, -0.2) is 0 Å². The highest BCUT2D eigenvalue weighted by molar-refractivity contribution is 7.21. The Morgan fingerprint density at radius 1 is 1.33 bits per heavy atom. The van der Waals surface area contributed by atoms with E-state index in [4.69, 9.17) is 5.73 Å². The molecule has 5 nitrogen and oxygen atoms in total. The predicted molar refractivity (Wildman–Crippen MR) is 85.4 cm³/mol. The van der Waals surface area contributed by atoms with Crippen LogP contribution in [0.3, 0.4) is 0 Å². The molecule has 21 heavy (non-hydrogen) atoms. The average molecular weight is 304 g/mol. The van der Waals surface area contributed by atoms with Gasteiger partial charge in [0.05, 0.1) is 11.9 Å². The number of nitrogens with two attached hydrogens (primary N) is 1. The second-order valence-electron chi connectivity index (χ2n) is 5.66. The van der Waals surface area contributed by atoms with Crippen molar-refractivity contribution in [3.63, 3.8) is 0 Å². The maximum Gasteiger partial charge on any atom is 0.266 e. The minimum atomic E-state index is 0.0161. The smallest absolute Gasteiger partial charge is 0.266 e. The molecule has 0 aliphatic heterocycles. The van der Waals surface area contributed by atoms with Crippen molar-refractivity contribution >= 4 is 33.1 Å². The van der Waals surface area contributed by atoms with E-state index in [-0.39, 0.29) is 5.91 Å². The second kappa shape index (κ2) is 5.97. The van der Waals surface area contributed by atoms with Crippen LogP contribution in [0.2, 0.25) is 0 Å². The van der Waals surface area contributed by atoms with E-state index in [1.54, 1.807) is 6.20 Å². The van der Waals surface area contributed by atoms with E-state index in [0.717, 1.165) is 23.1 Å². The van der Waals surface area contributed by atoms with Crippen LogP contribution in [0.5, 0.6) is 0 Å². The first kappa shape index (κ1) is 14.3. The predicted octanol–water partition coefficient (Wildman–Crippen LogP) is 3.07. The molecule has 0 unspecified atom stereocenters. The zero-order chi connectivity index (χ0) is 14.8.